The predicted molar refractivity (Wildman–Crippen MR) is 201 cm³/mol. The van der Waals surface area contributed by atoms with Gasteiger partial charge < -0.3 is 4.90 Å². The van der Waals surface area contributed by atoms with Crippen molar-refractivity contribution in [3.63, 3.8) is 0 Å². The Kier molecular flexibility index (Phi) is 6.71. The number of nitrogens with zero attached hydrogens (tertiary/aromatic N) is 1. The van der Waals surface area contributed by atoms with Crippen molar-refractivity contribution in [1.82, 2.24) is 0 Å². The molecule has 0 saturated heterocycles. The van der Waals surface area contributed by atoms with E-state index in [4.69, 9.17) is 0 Å². The molecule has 0 saturated carbocycles. The van der Waals surface area contributed by atoms with Gasteiger partial charge in [-0.3, -0.25) is 0 Å². The second kappa shape index (κ2) is 11.1. The monoisotopic (exact) mass is 633 g/mol. The zero-order valence-corrected chi connectivity index (χ0v) is 27.9. The molecule has 7 aromatic rings. The molecule has 0 atom stereocenters. The molecule has 0 fully saturated rings. The molecule has 1 aliphatic heterocycles. The highest BCUT2D eigenvalue weighted by atomic mass is 32.2. The van der Waals surface area contributed by atoms with Gasteiger partial charge in [-0.1, -0.05) is 153 Å². The standard InChI is InChI=1S/C46H35NS/c1-45(2)41-26-13-14-27-43(41)48-44-29-28-36(31-42(44)45)47(34-19-7-4-8-20-34)35-21-15-18-33(30-35)46(32-16-5-3-6-17-32)39-24-11-9-22-37(39)38-23-10-12-25-40(38)46/h3-31H,1-2H3. The summed E-state index contributed by atoms with van der Waals surface area (Å²) in [6, 6.07) is 64.9. The van der Waals surface area contributed by atoms with Crippen molar-refractivity contribution in [1.29, 1.82) is 0 Å². The first-order chi connectivity index (χ1) is 23.6. The Morgan fingerprint density at radius 1 is 0.396 bits per heavy atom. The highest BCUT2D eigenvalue weighted by Gasteiger charge is 2.46. The molecule has 0 bridgehead atoms. The highest BCUT2D eigenvalue weighted by Crippen LogP contribution is 2.57. The third-order valence-electron chi connectivity index (χ3n) is 10.4. The number of hydrogen-bond acceptors (Lipinski definition) is 2. The van der Waals surface area contributed by atoms with Crippen LogP contribution in [0.25, 0.3) is 11.1 Å². The van der Waals surface area contributed by atoms with Gasteiger partial charge in [-0.2, -0.15) is 0 Å². The summed E-state index contributed by atoms with van der Waals surface area (Å²) < 4.78 is 0. The van der Waals surface area contributed by atoms with Crippen LogP contribution in [0.2, 0.25) is 0 Å². The molecule has 1 nitrogen and oxygen atoms in total. The van der Waals surface area contributed by atoms with Crippen molar-refractivity contribution in [2.45, 2.75) is 34.5 Å². The fourth-order valence-electron chi connectivity index (χ4n) is 8.18. The lowest BCUT2D eigenvalue weighted by molar-refractivity contribution is 0.607. The maximum atomic E-state index is 2.43. The fraction of sp³-hybridized carbons (Fsp3) is 0.0870. The summed E-state index contributed by atoms with van der Waals surface area (Å²) in [7, 11) is 0. The summed E-state index contributed by atoms with van der Waals surface area (Å²) in [4.78, 5) is 5.10. The van der Waals surface area contributed by atoms with Crippen LogP contribution in [-0.2, 0) is 10.8 Å². The van der Waals surface area contributed by atoms with E-state index in [2.05, 4.69) is 195 Å². The van der Waals surface area contributed by atoms with E-state index in [-0.39, 0.29) is 5.41 Å². The molecule has 1 aliphatic carbocycles. The van der Waals surface area contributed by atoms with Gasteiger partial charge in [0.25, 0.3) is 0 Å². The average molecular weight is 634 g/mol. The maximum absolute atomic E-state index is 2.43. The lowest BCUT2D eigenvalue weighted by atomic mass is 9.67. The van der Waals surface area contributed by atoms with Gasteiger partial charge in [-0.15, -0.1) is 0 Å². The number of fused-ring (bicyclic) bond motifs is 5. The molecular formula is C46H35NS. The second-order valence-corrected chi connectivity index (χ2v) is 14.4. The number of anilines is 3. The SMILES string of the molecule is CC1(C)c2ccccc2Sc2ccc(N(c3ccccc3)c3cccc(C4(c5ccccc5)c5ccccc5-c5ccccc54)c3)cc21. The molecule has 7 aromatic carbocycles. The lowest BCUT2D eigenvalue weighted by Crippen LogP contribution is -2.29. The number of hydrogen-bond donors (Lipinski definition) is 0. The Bertz CT molecular complexity index is 2260. The molecule has 0 amide bonds. The Balaban J connectivity index is 1.27. The summed E-state index contributed by atoms with van der Waals surface area (Å²) in [6.45, 7) is 4.72. The maximum Gasteiger partial charge on any atom is 0.0714 e. The van der Waals surface area contributed by atoms with Crippen molar-refractivity contribution in [3.8, 4) is 11.1 Å². The van der Waals surface area contributed by atoms with Crippen LogP contribution in [0.1, 0.15) is 47.2 Å². The van der Waals surface area contributed by atoms with Crippen molar-refractivity contribution < 1.29 is 0 Å². The average Bonchev–Trinajstić information content (AvgIpc) is 3.44. The summed E-state index contributed by atoms with van der Waals surface area (Å²) in [5, 5.41) is 0. The first-order valence-corrected chi connectivity index (χ1v) is 17.5. The topological polar surface area (TPSA) is 3.24 Å². The van der Waals surface area contributed by atoms with Crippen LogP contribution in [0, 0.1) is 0 Å². The van der Waals surface area contributed by atoms with E-state index in [1.54, 1.807) is 0 Å². The number of rotatable bonds is 5. The van der Waals surface area contributed by atoms with E-state index in [1.807, 2.05) is 11.8 Å². The van der Waals surface area contributed by atoms with E-state index >= 15 is 0 Å². The molecule has 2 aliphatic rings. The van der Waals surface area contributed by atoms with Crippen molar-refractivity contribution in [3.05, 3.63) is 209 Å². The molecule has 0 unspecified atom stereocenters. The Morgan fingerprint density at radius 3 is 1.62 bits per heavy atom. The van der Waals surface area contributed by atoms with Crippen LogP contribution < -0.4 is 4.90 Å². The van der Waals surface area contributed by atoms with Gasteiger partial charge >= 0.3 is 0 Å². The molecule has 1 heterocycles. The van der Waals surface area contributed by atoms with Gasteiger partial charge in [0.2, 0.25) is 0 Å². The second-order valence-electron chi connectivity index (χ2n) is 13.3. The van der Waals surface area contributed by atoms with Crippen LogP contribution in [0.3, 0.4) is 0 Å². The van der Waals surface area contributed by atoms with Gasteiger partial charge in [-0.05, 0) is 93.0 Å². The molecule has 48 heavy (non-hydrogen) atoms. The quantitative estimate of drug-likeness (QED) is 0.185. The first-order valence-electron chi connectivity index (χ1n) is 16.7. The van der Waals surface area contributed by atoms with Gasteiger partial charge in [0.1, 0.15) is 0 Å². The molecule has 0 N–H and O–H groups in total. The third-order valence-corrected chi connectivity index (χ3v) is 11.5. The largest absolute Gasteiger partial charge is 0.310 e. The van der Waals surface area contributed by atoms with Crippen LogP contribution in [-0.4, -0.2) is 0 Å². The molecular weight excluding hydrogens is 599 g/mol. The normalized spacial score (nSPS) is 14.7. The predicted octanol–water partition coefficient (Wildman–Crippen LogP) is 12.3. The molecule has 0 aromatic heterocycles. The van der Waals surface area contributed by atoms with Crippen LogP contribution in [0.5, 0.6) is 0 Å². The van der Waals surface area contributed by atoms with Crippen LogP contribution in [0.15, 0.2) is 186 Å². The number of para-hydroxylation sites is 1. The van der Waals surface area contributed by atoms with Crippen molar-refractivity contribution in [2.24, 2.45) is 0 Å². The van der Waals surface area contributed by atoms with Gasteiger partial charge in [0.05, 0.1) is 5.41 Å². The van der Waals surface area contributed by atoms with Gasteiger partial charge in [0.15, 0.2) is 0 Å². The van der Waals surface area contributed by atoms with E-state index < -0.39 is 5.41 Å². The van der Waals surface area contributed by atoms with Gasteiger partial charge in [0, 0.05) is 32.3 Å². The molecule has 0 spiro atoms. The molecule has 9 rings (SSSR count). The summed E-state index contributed by atoms with van der Waals surface area (Å²) in [5.74, 6) is 0. The molecule has 230 valence electrons. The zero-order chi connectivity index (χ0) is 32.3. The van der Waals surface area contributed by atoms with Crippen LogP contribution >= 0.6 is 11.8 Å². The Hall–Kier alpha value is -5.31. The number of benzene rings is 7. The fourth-order valence-corrected chi connectivity index (χ4v) is 9.56. The molecule has 0 radical (unpaired) electrons. The highest BCUT2D eigenvalue weighted by molar-refractivity contribution is 7.99. The van der Waals surface area contributed by atoms with Crippen molar-refractivity contribution in [2.75, 3.05) is 4.90 Å². The van der Waals surface area contributed by atoms with E-state index in [0.717, 1.165) is 17.1 Å². The van der Waals surface area contributed by atoms with E-state index in [0.29, 0.717) is 0 Å². The minimum absolute atomic E-state index is 0.119. The van der Waals surface area contributed by atoms with Crippen LogP contribution in [0.4, 0.5) is 17.1 Å². The van der Waals surface area contributed by atoms with Gasteiger partial charge in [-0.25, -0.2) is 0 Å². The smallest absolute Gasteiger partial charge is 0.0714 e. The van der Waals surface area contributed by atoms with E-state index in [9.17, 15) is 0 Å². The summed E-state index contributed by atoms with van der Waals surface area (Å²) >= 11 is 1.88. The van der Waals surface area contributed by atoms with Crippen molar-refractivity contribution >= 4 is 28.8 Å². The molecule has 2 heteroatoms. The lowest BCUT2D eigenvalue weighted by Gasteiger charge is -2.37. The first kappa shape index (κ1) is 28.9. The summed E-state index contributed by atoms with van der Waals surface area (Å²) in [5.41, 5.74) is 13.4. The Morgan fingerprint density at radius 2 is 0.917 bits per heavy atom. The third kappa shape index (κ3) is 4.26. The minimum atomic E-state index is -0.453. The summed E-state index contributed by atoms with van der Waals surface area (Å²) in [6.07, 6.45) is 0. The van der Waals surface area contributed by atoms with E-state index in [1.165, 1.54) is 54.3 Å². The minimum Gasteiger partial charge on any atom is -0.310 e. The Labute approximate surface area is 287 Å². The zero-order valence-electron chi connectivity index (χ0n) is 27.1.